The van der Waals surface area contributed by atoms with E-state index in [-0.39, 0.29) is 5.69 Å². The summed E-state index contributed by atoms with van der Waals surface area (Å²) in [7, 11) is 0. The molecule has 0 bridgehead atoms. The van der Waals surface area contributed by atoms with Crippen LogP contribution in [0.4, 0.5) is 5.69 Å². The second kappa shape index (κ2) is 5.51. The zero-order valence-corrected chi connectivity index (χ0v) is 9.66. The minimum absolute atomic E-state index is 0.0866. The van der Waals surface area contributed by atoms with E-state index in [2.05, 4.69) is 6.58 Å². The summed E-state index contributed by atoms with van der Waals surface area (Å²) in [6, 6.07) is 4.61. The van der Waals surface area contributed by atoms with Crippen LogP contribution >= 0.6 is 11.6 Å². The van der Waals surface area contributed by atoms with Crippen LogP contribution in [0.2, 0.25) is 0 Å². The molecule has 0 saturated carbocycles. The SMILES string of the molecule is C=C(CCl)COc1ccc([N+](=O)[O-])c(C)c1. The highest BCUT2D eigenvalue weighted by atomic mass is 35.5. The van der Waals surface area contributed by atoms with Crippen LogP contribution in [-0.2, 0) is 0 Å². The lowest BCUT2D eigenvalue weighted by Gasteiger charge is -2.07. The van der Waals surface area contributed by atoms with Crippen LogP contribution < -0.4 is 4.74 Å². The summed E-state index contributed by atoms with van der Waals surface area (Å²) < 4.78 is 5.37. The van der Waals surface area contributed by atoms with Gasteiger partial charge in [-0.3, -0.25) is 10.1 Å². The highest BCUT2D eigenvalue weighted by Crippen LogP contribution is 2.23. The Morgan fingerprint density at radius 2 is 2.31 bits per heavy atom. The van der Waals surface area contributed by atoms with Gasteiger partial charge in [0.2, 0.25) is 0 Å². The van der Waals surface area contributed by atoms with Crippen molar-refractivity contribution in [3.63, 3.8) is 0 Å². The van der Waals surface area contributed by atoms with Gasteiger partial charge in [-0.05, 0) is 24.6 Å². The summed E-state index contributed by atoms with van der Waals surface area (Å²) in [4.78, 5) is 10.2. The molecule has 0 fully saturated rings. The summed E-state index contributed by atoms with van der Waals surface area (Å²) in [5.41, 5.74) is 1.42. The van der Waals surface area contributed by atoms with Crippen molar-refractivity contribution in [3.05, 3.63) is 46.0 Å². The molecule has 0 aliphatic rings. The maximum atomic E-state index is 10.6. The fourth-order valence-corrected chi connectivity index (χ4v) is 1.22. The van der Waals surface area contributed by atoms with Crippen LogP contribution in [0.3, 0.4) is 0 Å². The molecule has 1 rings (SSSR count). The van der Waals surface area contributed by atoms with Crippen LogP contribution in [-0.4, -0.2) is 17.4 Å². The molecule has 0 N–H and O–H groups in total. The van der Waals surface area contributed by atoms with Crippen molar-refractivity contribution in [2.24, 2.45) is 0 Å². The van der Waals surface area contributed by atoms with Crippen LogP contribution in [0.15, 0.2) is 30.4 Å². The standard InChI is InChI=1S/C11H12ClNO3/c1-8(6-12)7-16-10-3-4-11(13(14)15)9(2)5-10/h3-5H,1,6-7H2,2H3. The Kier molecular flexibility index (Phi) is 4.31. The fourth-order valence-electron chi connectivity index (χ4n) is 1.15. The van der Waals surface area contributed by atoms with E-state index in [1.165, 1.54) is 6.07 Å². The van der Waals surface area contributed by atoms with Gasteiger partial charge in [-0.2, -0.15) is 0 Å². The van der Waals surface area contributed by atoms with Crippen LogP contribution in [0.5, 0.6) is 5.75 Å². The predicted molar refractivity (Wildman–Crippen MR) is 63.2 cm³/mol. The molecular weight excluding hydrogens is 230 g/mol. The van der Waals surface area contributed by atoms with E-state index in [0.717, 1.165) is 5.57 Å². The average molecular weight is 242 g/mol. The van der Waals surface area contributed by atoms with Crippen molar-refractivity contribution < 1.29 is 9.66 Å². The van der Waals surface area contributed by atoms with Gasteiger partial charge in [0.05, 0.1) is 4.92 Å². The Morgan fingerprint density at radius 1 is 1.62 bits per heavy atom. The topological polar surface area (TPSA) is 52.4 Å². The minimum Gasteiger partial charge on any atom is -0.489 e. The minimum atomic E-state index is -0.420. The zero-order chi connectivity index (χ0) is 12.1. The molecule has 0 spiro atoms. The monoisotopic (exact) mass is 241 g/mol. The summed E-state index contributed by atoms with van der Waals surface area (Å²) >= 11 is 5.55. The summed E-state index contributed by atoms with van der Waals surface area (Å²) in [6.07, 6.45) is 0. The first kappa shape index (κ1) is 12.5. The number of aryl methyl sites for hydroxylation is 1. The second-order valence-electron chi connectivity index (χ2n) is 3.38. The van der Waals surface area contributed by atoms with E-state index in [4.69, 9.17) is 16.3 Å². The Labute approximate surface area is 98.6 Å². The fraction of sp³-hybridized carbons (Fsp3) is 0.273. The Morgan fingerprint density at radius 3 is 2.81 bits per heavy atom. The zero-order valence-electron chi connectivity index (χ0n) is 8.90. The molecule has 0 aliphatic heterocycles. The van der Waals surface area contributed by atoms with Crippen LogP contribution in [0.25, 0.3) is 0 Å². The highest BCUT2D eigenvalue weighted by Gasteiger charge is 2.10. The Balaban J connectivity index is 2.74. The van der Waals surface area contributed by atoms with E-state index < -0.39 is 4.92 Å². The van der Waals surface area contributed by atoms with Gasteiger partial charge in [0.25, 0.3) is 5.69 Å². The molecule has 0 aliphatic carbocycles. The lowest BCUT2D eigenvalue weighted by Crippen LogP contribution is -2.01. The molecule has 1 aromatic carbocycles. The second-order valence-corrected chi connectivity index (χ2v) is 3.64. The molecule has 16 heavy (non-hydrogen) atoms. The smallest absolute Gasteiger partial charge is 0.272 e. The van der Waals surface area contributed by atoms with E-state index in [1.54, 1.807) is 19.1 Å². The number of nitro benzene ring substituents is 1. The third kappa shape index (κ3) is 3.24. The lowest BCUT2D eigenvalue weighted by molar-refractivity contribution is -0.385. The lowest BCUT2D eigenvalue weighted by atomic mass is 10.2. The first-order valence-electron chi connectivity index (χ1n) is 4.65. The van der Waals surface area contributed by atoms with Gasteiger partial charge in [0, 0.05) is 17.5 Å². The number of nitro groups is 1. The van der Waals surface area contributed by atoms with Crippen molar-refractivity contribution in [2.45, 2.75) is 6.92 Å². The molecule has 0 atom stereocenters. The molecule has 4 nitrogen and oxygen atoms in total. The molecule has 0 aromatic heterocycles. The largest absolute Gasteiger partial charge is 0.489 e. The van der Waals surface area contributed by atoms with Gasteiger partial charge in [-0.15, -0.1) is 11.6 Å². The maximum absolute atomic E-state index is 10.6. The van der Waals surface area contributed by atoms with Gasteiger partial charge in [-0.1, -0.05) is 6.58 Å². The molecule has 86 valence electrons. The first-order chi connectivity index (χ1) is 7.54. The third-order valence-electron chi connectivity index (χ3n) is 2.00. The molecule has 0 amide bonds. The average Bonchev–Trinajstić information content (AvgIpc) is 2.25. The third-order valence-corrected chi connectivity index (χ3v) is 2.37. The first-order valence-corrected chi connectivity index (χ1v) is 5.18. The van der Waals surface area contributed by atoms with Crippen LogP contribution in [0, 0.1) is 17.0 Å². The van der Waals surface area contributed by atoms with Gasteiger partial charge in [0.1, 0.15) is 12.4 Å². The maximum Gasteiger partial charge on any atom is 0.272 e. The summed E-state index contributed by atoms with van der Waals surface area (Å²) in [5, 5.41) is 10.6. The van der Waals surface area contributed by atoms with E-state index in [1.807, 2.05) is 0 Å². The number of halogens is 1. The van der Waals surface area contributed by atoms with Crippen molar-refractivity contribution >= 4 is 17.3 Å². The molecule has 5 heteroatoms. The Hall–Kier alpha value is -1.55. The van der Waals surface area contributed by atoms with E-state index in [0.29, 0.717) is 23.8 Å². The number of hydrogen-bond acceptors (Lipinski definition) is 3. The molecule has 0 unspecified atom stereocenters. The van der Waals surface area contributed by atoms with Crippen LogP contribution in [0.1, 0.15) is 5.56 Å². The number of ether oxygens (including phenoxy) is 1. The molecule has 0 saturated heterocycles. The summed E-state index contributed by atoms with van der Waals surface area (Å²) in [6.45, 7) is 5.68. The highest BCUT2D eigenvalue weighted by molar-refractivity contribution is 6.19. The van der Waals surface area contributed by atoms with Crippen molar-refractivity contribution in [3.8, 4) is 5.75 Å². The van der Waals surface area contributed by atoms with Gasteiger partial charge < -0.3 is 4.74 Å². The van der Waals surface area contributed by atoms with Crippen molar-refractivity contribution in [2.75, 3.05) is 12.5 Å². The van der Waals surface area contributed by atoms with Crippen molar-refractivity contribution in [1.29, 1.82) is 0 Å². The molecular formula is C11H12ClNO3. The number of hydrogen-bond donors (Lipinski definition) is 0. The van der Waals surface area contributed by atoms with E-state index in [9.17, 15) is 10.1 Å². The van der Waals surface area contributed by atoms with Gasteiger partial charge in [-0.25, -0.2) is 0 Å². The predicted octanol–water partition coefficient (Wildman–Crippen LogP) is 3.08. The number of nitrogens with zero attached hydrogens (tertiary/aromatic N) is 1. The quantitative estimate of drug-likeness (QED) is 0.345. The molecule has 1 aromatic rings. The number of benzene rings is 1. The molecule has 0 heterocycles. The Bertz CT molecular complexity index is 418. The number of rotatable bonds is 5. The van der Waals surface area contributed by atoms with Gasteiger partial charge >= 0.3 is 0 Å². The molecule has 0 radical (unpaired) electrons. The van der Waals surface area contributed by atoms with Gasteiger partial charge in [0.15, 0.2) is 0 Å². The van der Waals surface area contributed by atoms with Crippen molar-refractivity contribution in [1.82, 2.24) is 0 Å². The number of alkyl halides is 1. The summed E-state index contributed by atoms with van der Waals surface area (Å²) in [5.74, 6) is 0.917. The van der Waals surface area contributed by atoms with E-state index >= 15 is 0 Å². The normalized spacial score (nSPS) is 9.88.